The second-order valence-corrected chi connectivity index (χ2v) is 5.05. The van der Waals surface area contributed by atoms with Crippen molar-refractivity contribution in [2.45, 2.75) is 83.3 Å². The summed E-state index contributed by atoms with van der Waals surface area (Å²) >= 11 is 0. The zero-order chi connectivity index (χ0) is 12.5. The maximum absolute atomic E-state index is 10.5. The Balaban J connectivity index is 1.75. The zero-order valence-corrected chi connectivity index (χ0v) is 11.0. The van der Waals surface area contributed by atoms with Gasteiger partial charge in [0.25, 0.3) is 0 Å². The molecule has 0 aliphatic carbocycles. The number of carboxylic acids is 1. The van der Waals surface area contributed by atoms with E-state index in [0.29, 0.717) is 0 Å². The van der Waals surface area contributed by atoms with Crippen molar-refractivity contribution in [2.75, 3.05) is 0 Å². The molecule has 1 rings (SSSR count). The molecular formula is C14H26O3. The van der Waals surface area contributed by atoms with Crippen LogP contribution in [0.5, 0.6) is 0 Å². The maximum atomic E-state index is 10.5. The highest BCUT2D eigenvalue weighted by Gasteiger charge is 2.44. The molecule has 1 fully saturated rings. The summed E-state index contributed by atoms with van der Waals surface area (Å²) in [4.78, 5) is 10.5. The average Bonchev–Trinajstić information content (AvgIpc) is 3.06. The first-order valence-electron chi connectivity index (χ1n) is 7.14. The van der Waals surface area contributed by atoms with E-state index in [2.05, 4.69) is 6.92 Å². The van der Waals surface area contributed by atoms with E-state index in [1.165, 1.54) is 51.4 Å². The molecule has 1 aliphatic rings. The number of carboxylic acid groups (broad SMARTS) is 1. The number of carbonyl (C=O) groups is 1. The molecule has 1 saturated heterocycles. The van der Waals surface area contributed by atoms with Crippen molar-refractivity contribution in [2.24, 2.45) is 0 Å². The monoisotopic (exact) mass is 242 g/mol. The summed E-state index contributed by atoms with van der Waals surface area (Å²) in [5.41, 5.74) is 0. The van der Waals surface area contributed by atoms with Gasteiger partial charge in [-0.05, 0) is 6.42 Å². The molecule has 0 amide bonds. The lowest BCUT2D eigenvalue weighted by atomic mass is 10.1. The molecule has 3 heteroatoms. The third kappa shape index (κ3) is 6.67. The van der Waals surface area contributed by atoms with Crippen LogP contribution >= 0.6 is 0 Å². The highest BCUT2D eigenvalue weighted by molar-refractivity contribution is 5.75. The second-order valence-electron chi connectivity index (χ2n) is 5.05. The van der Waals surface area contributed by atoms with Crippen molar-refractivity contribution in [3.63, 3.8) is 0 Å². The number of unbranched alkanes of at least 4 members (excludes halogenated alkanes) is 8. The lowest BCUT2D eigenvalue weighted by Crippen LogP contribution is -2.07. The number of epoxide rings is 1. The fourth-order valence-electron chi connectivity index (χ4n) is 2.24. The predicted molar refractivity (Wildman–Crippen MR) is 68.1 cm³/mol. The fraction of sp³-hybridized carbons (Fsp3) is 0.929. The van der Waals surface area contributed by atoms with Gasteiger partial charge in [0, 0.05) is 0 Å². The van der Waals surface area contributed by atoms with Gasteiger partial charge in [0.2, 0.25) is 0 Å². The molecule has 1 heterocycles. The Bertz CT molecular complexity index is 216. The van der Waals surface area contributed by atoms with E-state index >= 15 is 0 Å². The second kappa shape index (κ2) is 8.51. The third-order valence-corrected chi connectivity index (χ3v) is 3.42. The number of aliphatic carboxylic acids is 1. The summed E-state index contributed by atoms with van der Waals surface area (Å²) in [5.74, 6) is -0.800. The first-order chi connectivity index (χ1) is 8.25. The van der Waals surface area contributed by atoms with Crippen LogP contribution in [0.2, 0.25) is 0 Å². The SMILES string of the molecule is CCCCCCCCCCCC1OC1C(=O)O. The molecule has 0 bridgehead atoms. The molecule has 1 N–H and O–H groups in total. The number of ether oxygens (including phenoxy) is 1. The smallest absolute Gasteiger partial charge is 0.335 e. The van der Waals surface area contributed by atoms with Crippen LogP contribution < -0.4 is 0 Å². The molecule has 2 unspecified atom stereocenters. The van der Waals surface area contributed by atoms with Crippen LogP contribution in [-0.4, -0.2) is 23.3 Å². The first-order valence-corrected chi connectivity index (χ1v) is 7.14. The maximum Gasteiger partial charge on any atom is 0.335 e. The topological polar surface area (TPSA) is 49.8 Å². The Morgan fingerprint density at radius 2 is 1.53 bits per heavy atom. The van der Waals surface area contributed by atoms with E-state index in [-0.39, 0.29) is 6.10 Å². The molecular weight excluding hydrogens is 216 g/mol. The van der Waals surface area contributed by atoms with Crippen LogP contribution in [0, 0.1) is 0 Å². The summed E-state index contributed by atoms with van der Waals surface area (Å²) < 4.78 is 5.05. The van der Waals surface area contributed by atoms with Crippen LogP contribution in [0.4, 0.5) is 0 Å². The van der Waals surface area contributed by atoms with Crippen molar-refractivity contribution >= 4 is 5.97 Å². The van der Waals surface area contributed by atoms with Crippen LogP contribution in [-0.2, 0) is 9.53 Å². The standard InChI is InChI=1S/C14H26O3/c1-2-3-4-5-6-7-8-9-10-11-12-13(17-12)14(15)16/h12-13H,2-11H2,1H3,(H,15,16). The Kier molecular flexibility index (Phi) is 7.25. The molecule has 0 aromatic carbocycles. The molecule has 1 aliphatic heterocycles. The molecule has 0 aromatic rings. The number of hydrogen-bond acceptors (Lipinski definition) is 2. The lowest BCUT2D eigenvalue weighted by molar-refractivity contribution is -0.138. The van der Waals surface area contributed by atoms with Crippen LogP contribution in [0.25, 0.3) is 0 Å². The molecule has 0 saturated carbocycles. The van der Waals surface area contributed by atoms with Crippen molar-refractivity contribution < 1.29 is 14.6 Å². The molecule has 0 aromatic heterocycles. The highest BCUT2D eigenvalue weighted by Crippen LogP contribution is 2.27. The minimum atomic E-state index is -0.800. The number of rotatable bonds is 11. The fourth-order valence-corrected chi connectivity index (χ4v) is 2.24. The van der Waals surface area contributed by atoms with Gasteiger partial charge in [0.1, 0.15) is 0 Å². The van der Waals surface area contributed by atoms with E-state index in [1.54, 1.807) is 0 Å². The third-order valence-electron chi connectivity index (χ3n) is 3.42. The van der Waals surface area contributed by atoms with E-state index < -0.39 is 12.1 Å². The summed E-state index contributed by atoms with van der Waals surface area (Å²) in [6, 6.07) is 0. The van der Waals surface area contributed by atoms with Crippen molar-refractivity contribution in [1.29, 1.82) is 0 Å². The van der Waals surface area contributed by atoms with Gasteiger partial charge in [-0.15, -0.1) is 0 Å². The van der Waals surface area contributed by atoms with Crippen molar-refractivity contribution in [3.05, 3.63) is 0 Å². The minimum Gasteiger partial charge on any atom is -0.479 e. The van der Waals surface area contributed by atoms with Gasteiger partial charge in [-0.25, -0.2) is 4.79 Å². The van der Waals surface area contributed by atoms with Gasteiger partial charge < -0.3 is 9.84 Å². The molecule has 0 spiro atoms. The Hall–Kier alpha value is -0.570. The van der Waals surface area contributed by atoms with Crippen molar-refractivity contribution in [1.82, 2.24) is 0 Å². The Morgan fingerprint density at radius 3 is 2.00 bits per heavy atom. The quantitative estimate of drug-likeness (QED) is 0.443. The molecule has 17 heavy (non-hydrogen) atoms. The van der Waals surface area contributed by atoms with Gasteiger partial charge in [-0.2, -0.15) is 0 Å². The van der Waals surface area contributed by atoms with Gasteiger partial charge in [-0.1, -0.05) is 64.7 Å². The first kappa shape index (κ1) is 14.5. The molecule has 100 valence electrons. The van der Waals surface area contributed by atoms with Gasteiger partial charge in [0.05, 0.1) is 6.10 Å². The summed E-state index contributed by atoms with van der Waals surface area (Å²) in [6.45, 7) is 2.24. The Morgan fingerprint density at radius 1 is 1.00 bits per heavy atom. The van der Waals surface area contributed by atoms with Crippen molar-refractivity contribution in [3.8, 4) is 0 Å². The molecule has 0 radical (unpaired) electrons. The summed E-state index contributed by atoms with van der Waals surface area (Å²) in [7, 11) is 0. The molecule has 2 atom stereocenters. The average molecular weight is 242 g/mol. The predicted octanol–water partition coefficient (Wildman–Crippen LogP) is 3.76. The normalized spacial score (nSPS) is 22.6. The Labute approximate surface area is 105 Å². The highest BCUT2D eigenvalue weighted by atomic mass is 16.6. The summed E-state index contributed by atoms with van der Waals surface area (Å²) in [6.07, 6.45) is 12.2. The zero-order valence-electron chi connectivity index (χ0n) is 11.0. The molecule has 3 nitrogen and oxygen atoms in total. The summed E-state index contributed by atoms with van der Waals surface area (Å²) in [5, 5.41) is 8.64. The number of hydrogen-bond donors (Lipinski definition) is 1. The van der Waals surface area contributed by atoms with Gasteiger partial charge in [-0.3, -0.25) is 0 Å². The van der Waals surface area contributed by atoms with Crippen LogP contribution in [0.15, 0.2) is 0 Å². The van der Waals surface area contributed by atoms with Crippen LogP contribution in [0.3, 0.4) is 0 Å². The van der Waals surface area contributed by atoms with Gasteiger partial charge in [0.15, 0.2) is 6.10 Å². The largest absolute Gasteiger partial charge is 0.479 e. The van der Waals surface area contributed by atoms with E-state index in [9.17, 15) is 4.79 Å². The lowest BCUT2D eigenvalue weighted by Gasteiger charge is -2.00. The van der Waals surface area contributed by atoms with Crippen LogP contribution in [0.1, 0.15) is 71.1 Å². The minimum absolute atomic E-state index is 0.0112. The van der Waals surface area contributed by atoms with Gasteiger partial charge >= 0.3 is 5.97 Å². The van der Waals surface area contributed by atoms with E-state index in [4.69, 9.17) is 9.84 Å². The van der Waals surface area contributed by atoms with E-state index in [1.807, 2.05) is 0 Å². The van der Waals surface area contributed by atoms with E-state index in [0.717, 1.165) is 12.8 Å².